The van der Waals surface area contributed by atoms with Gasteiger partial charge in [-0.05, 0) is 11.6 Å². The second-order valence-electron chi connectivity index (χ2n) is 4.70. The van der Waals surface area contributed by atoms with E-state index in [1.807, 2.05) is 0 Å². The lowest BCUT2D eigenvalue weighted by molar-refractivity contribution is -0.131. The highest BCUT2D eigenvalue weighted by molar-refractivity contribution is 6.42. The normalized spacial score (nSPS) is 10.5. The predicted octanol–water partition coefficient (Wildman–Crippen LogP) is 1.50. The molecule has 0 spiro atoms. The van der Waals surface area contributed by atoms with Crippen LogP contribution in [0.5, 0.6) is 0 Å². The van der Waals surface area contributed by atoms with Gasteiger partial charge in [0.1, 0.15) is 6.54 Å². The zero-order chi connectivity index (χ0) is 16.3. The molecular formula is C14H13Cl2N3O3. The van der Waals surface area contributed by atoms with Gasteiger partial charge in [0.05, 0.1) is 10.0 Å². The van der Waals surface area contributed by atoms with Crippen LogP contribution in [0, 0.1) is 0 Å². The molecule has 1 heterocycles. The molecule has 2 aromatic rings. The van der Waals surface area contributed by atoms with Crippen molar-refractivity contribution in [2.75, 3.05) is 7.05 Å². The third-order valence-corrected chi connectivity index (χ3v) is 3.93. The Hall–Kier alpha value is -2.05. The first kappa shape index (κ1) is 16.3. The van der Waals surface area contributed by atoms with Crippen LogP contribution in [-0.4, -0.2) is 27.4 Å². The van der Waals surface area contributed by atoms with Gasteiger partial charge < -0.3 is 4.90 Å². The van der Waals surface area contributed by atoms with Crippen molar-refractivity contribution in [2.45, 2.75) is 13.1 Å². The molecule has 0 fully saturated rings. The van der Waals surface area contributed by atoms with Crippen LogP contribution in [-0.2, 0) is 17.9 Å². The summed E-state index contributed by atoms with van der Waals surface area (Å²) in [6.45, 7) is 0.0840. The second kappa shape index (κ2) is 6.81. The third kappa shape index (κ3) is 3.78. The van der Waals surface area contributed by atoms with Crippen LogP contribution in [0.1, 0.15) is 5.56 Å². The Kier molecular flexibility index (Phi) is 5.05. The molecule has 0 aliphatic carbocycles. The SMILES string of the molecule is CN(Cc1cccc(Cl)c1Cl)C(=O)Cn1ccc(=O)[nH]c1=O. The molecule has 0 aliphatic heterocycles. The maximum Gasteiger partial charge on any atom is 0.328 e. The fraction of sp³-hybridized carbons (Fsp3) is 0.214. The van der Waals surface area contributed by atoms with Gasteiger partial charge in [0.25, 0.3) is 5.56 Å². The zero-order valence-corrected chi connectivity index (χ0v) is 13.2. The van der Waals surface area contributed by atoms with E-state index in [0.717, 1.165) is 4.57 Å². The van der Waals surface area contributed by atoms with E-state index in [1.54, 1.807) is 25.2 Å². The first-order valence-electron chi connectivity index (χ1n) is 6.35. The number of aromatic nitrogens is 2. The molecule has 0 atom stereocenters. The summed E-state index contributed by atoms with van der Waals surface area (Å²) < 4.78 is 1.12. The lowest BCUT2D eigenvalue weighted by atomic mass is 10.2. The van der Waals surface area contributed by atoms with Crippen molar-refractivity contribution in [3.05, 3.63) is 66.9 Å². The molecule has 0 bridgehead atoms. The minimum atomic E-state index is -0.630. The van der Waals surface area contributed by atoms with Gasteiger partial charge in [0, 0.05) is 25.9 Å². The Bertz CT molecular complexity index is 813. The first-order valence-corrected chi connectivity index (χ1v) is 7.10. The van der Waals surface area contributed by atoms with Gasteiger partial charge in [0.15, 0.2) is 0 Å². The monoisotopic (exact) mass is 341 g/mol. The summed E-state index contributed by atoms with van der Waals surface area (Å²) in [4.78, 5) is 38.2. The van der Waals surface area contributed by atoms with Gasteiger partial charge in [0.2, 0.25) is 5.91 Å². The number of nitrogens with zero attached hydrogens (tertiary/aromatic N) is 2. The summed E-state index contributed by atoms with van der Waals surface area (Å²) in [6.07, 6.45) is 1.28. The highest BCUT2D eigenvalue weighted by Crippen LogP contribution is 2.26. The van der Waals surface area contributed by atoms with Crippen molar-refractivity contribution in [3.63, 3.8) is 0 Å². The van der Waals surface area contributed by atoms with E-state index in [1.165, 1.54) is 17.2 Å². The van der Waals surface area contributed by atoms with E-state index in [0.29, 0.717) is 15.6 Å². The number of carbonyl (C=O) groups excluding carboxylic acids is 1. The topological polar surface area (TPSA) is 75.2 Å². The Morgan fingerprint density at radius 1 is 1.27 bits per heavy atom. The summed E-state index contributed by atoms with van der Waals surface area (Å²) in [5, 5.41) is 0.807. The van der Waals surface area contributed by atoms with E-state index >= 15 is 0 Å². The minimum absolute atomic E-state index is 0.176. The fourth-order valence-electron chi connectivity index (χ4n) is 1.85. The van der Waals surface area contributed by atoms with Crippen LogP contribution in [0.15, 0.2) is 40.1 Å². The summed E-state index contributed by atoms with van der Waals surface area (Å²) in [5.41, 5.74) is -0.429. The number of hydrogen-bond acceptors (Lipinski definition) is 3. The van der Waals surface area contributed by atoms with Crippen LogP contribution >= 0.6 is 23.2 Å². The molecule has 6 nitrogen and oxygen atoms in total. The molecule has 1 amide bonds. The number of halogens is 2. The number of hydrogen-bond donors (Lipinski definition) is 1. The molecule has 8 heteroatoms. The summed E-state index contributed by atoms with van der Waals surface area (Å²) >= 11 is 12.0. The second-order valence-corrected chi connectivity index (χ2v) is 5.49. The number of amides is 1. The standard InChI is InChI=1S/C14H13Cl2N3O3/c1-18(7-9-3-2-4-10(15)13(9)16)12(21)8-19-6-5-11(20)17-14(19)22/h2-6H,7-8H2,1H3,(H,17,20,22). The number of nitrogens with one attached hydrogen (secondary N) is 1. The van der Waals surface area contributed by atoms with Crippen LogP contribution in [0.25, 0.3) is 0 Å². The average molecular weight is 342 g/mol. The fourth-order valence-corrected chi connectivity index (χ4v) is 2.23. The van der Waals surface area contributed by atoms with Crippen molar-refractivity contribution in [2.24, 2.45) is 0 Å². The van der Waals surface area contributed by atoms with Crippen molar-refractivity contribution in [1.82, 2.24) is 14.5 Å². The maximum atomic E-state index is 12.1. The molecule has 22 heavy (non-hydrogen) atoms. The summed E-state index contributed by atoms with van der Waals surface area (Å²) in [6, 6.07) is 6.36. The van der Waals surface area contributed by atoms with Crippen LogP contribution in [0.3, 0.4) is 0 Å². The molecule has 1 N–H and O–H groups in total. The number of rotatable bonds is 4. The van der Waals surface area contributed by atoms with Gasteiger partial charge in [-0.1, -0.05) is 35.3 Å². The van der Waals surface area contributed by atoms with Crippen LogP contribution in [0.4, 0.5) is 0 Å². The van der Waals surface area contributed by atoms with Gasteiger partial charge in [-0.25, -0.2) is 4.79 Å². The molecule has 1 aromatic heterocycles. The van der Waals surface area contributed by atoms with Crippen molar-refractivity contribution >= 4 is 29.1 Å². The molecule has 0 radical (unpaired) electrons. The number of carbonyl (C=O) groups is 1. The smallest absolute Gasteiger partial charge is 0.328 e. The summed E-state index contributed by atoms with van der Waals surface area (Å²) in [5.74, 6) is -0.301. The van der Waals surface area contributed by atoms with Gasteiger partial charge in [-0.3, -0.25) is 19.1 Å². The quantitative estimate of drug-likeness (QED) is 0.915. The van der Waals surface area contributed by atoms with E-state index in [9.17, 15) is 14.4 Å². The highest BCUT2D eigenvalue weighted by atomic mass is 35.5. The molecule has 0 unspecified atom stereocenters. The van der Waals surface area contributed by atoms with Gasteiger partial charge >= 0.3 is 5.69 Å². The lowest BCUT2D eigenvalue weighted by Gasteiger charge is -2.18. The Morgan fingerprint density at radius 2 is 2.00 bits per heavy atom. The number of H-pyrrole nitrogens is 1. The van der Waals surface area contributed by atoms with Crippen LogP contribution < -0.4 is 11.2 Å². The van der Waals surface area contributed by atoms with E-state index in [-0.39, 0.29) is 19.0 Å². The number of aromatic amines is 1. The molecule has 2 rings (SSSR count). The molecule has 0 aliphatic rings. The lowest BCUT2D eigenvalue weighted by Crippen LogP contribution is -2.36. The Labute approximate surface area is 135 Å². The van der Waals surface area contributed by atoms with Crippen LogP contribution in [0.2, 0.25) is 10.0 Å². The Morgan fingerprint density at radius 3 is 2.68 bits per heavy atom. The highest BCUT2D eigenvalue weighted by Gasteiger charge is 2.13. The van der Waals surface area contributed by atoms with E-state index in [4.69, 9.17) is 23.2 Å². The zero-order valence-electron chi connectivity index (χ0n) is 11.7. The Balaban J connectivity index is 2.11. The number of benzene rings is 1. The minimum Gasteiger partial charge on any atom is -0.340 e. The molecule has 0 saturated carbocycles. The molecule has 1 aromatic carbocycles. The number of likely N-dealkylation sites (N-methyl/N-ethyl adjacent to an activating group) is 1. The predicted molar refractivity (Wildman–Crippen MR) is 84.3 cm³/mol. The van der Waals surface area contributed by atoms with Gasteiger partial charge in [-0.15, -0.1) is 0 Å². The van der Waals surface area contributed by atoms with Crippen molar-refractivity contribution in [3.8, 4) is 0 Å². The maximum absolute atomic E-state index is 12.1. The molecular weight excluding hydrogens is 329 g/mol. The van der Waals surface area contributed by atoms with Crippen molar-refractivity contribution in [1.29, 1.82) is 0 Å². The summed E-state index contributed by atoms with van der Waals surface area (Å²) in [7, 11) is 1.59. The third-order valence-electron chi connectivity index (χ3n) is 3.07. The van der Waals surface area contributed by atoms with E-state index in [2.05, 4.69) is 4.98 Å². The van der Waals surface area contributed by atoms with E-state index < -0.39 is 11.2 Å². The average Bonchev–Trinajstić information content (AvgIpc) is 2.46. The first-order chi connectivity index (χ1) is 10.4. The molecule has 0 saturated heterocycles. The van der Waals surface area contributed by atoms with Gasteiger partial charge in [-0.2, -0.15) is 0 Å². The molecule has 116 valence electrons. The largest absolute Gasteiger partial charge is 0.340 e. The van der Waals surface area contributed by atoms with Crippen molar-refractivity contribution < 1.29 is 4.79 Å².